The van der Waals surface area contributed by atoms with Crippen molar-refractivity contribution in [2.45, 2.75) is 26.2 Å². The Balaban J connectivity index is 1.62. The van der Waals surface area contributed by atoms with Gasteiger partial charge < -0.3 is 19.6 Å². The summed E-state index contributed by atoms with van der Waals surface area (Å²) < 4.78 is 69.5. The number of aliphatic hydroxyl groups excluding tert-OH is 1. The van der Waals surface area contributed by atoms with E-state index in [1.54, 1.807) is 30.5 Å². The molecule has 248 valence electrons. The summed E-state index contributed by atoms with van der Waals surface area (Å²) in [7, 11) is -2.47. The summed E-state index contributed by atoms with van der Waals surface area (Å²) in [6.45, 7) is 1.55. The fourth-order valence-corrected chi connectivity index (χ4v) is 6.88. The minimum Gasteiger partial charge on any atom is -0.455 e. The first-order valence-corrected chi connectivity index (χ1v) is 17.1. The zero-order valence-corrected chi connectivity index (χ0v) is 27.3. The second-order valence-electron chi connectivity index (χ2n) is 11.6. The Morgan fingerprint density at radius 3 is 2.46 bits per heavy atom. The van der Waals surface area contributed by atoms with Gasteiger partial charge in [-0.3, -0.25) is 14.1 Å². The molecule has 0 spiro atoms. The third-order valence-electron chi connectivity index (χ3n) is 8.21. The first-order valence-electron chi connectivity index (χ1n) is 15.3. The van der Waals surface area contributed by atoms with Gasteiger partial charge in [0, 0.05) is 54.5 Å². The van der Waals surface area contributed by atoms with E-state index in [0.29, 0.717) is 46.4 Å². The molecule has 6 rings (SSSR count). The van der Waals surface area contributed by atoms with Gasteiger partial charge in [-0.2, -0.15) is 0 Å². The summed E-state index contributed by atoms with van der Waals surface area (Å²) in [6, 6.07) is 16.4. The van der Waals surface area contributed by atoms with Gasteiger partial charge in [-0.25, -0.2) is 17.2 Å². The molecule has 0 saturated carbocycles. The van der Waals surface area contributed by atoms with Gasteiger partial charge in [0.15, 0.2) is 0 Å². The lowest BCUT2D eigenvalue weighted by Crippen LogP contribution is -2.31. The lowest BCUT2D eigenvalue weighted by atomic mass is 9.96. The van der Waals surface area contributed by atoms with Crippen molar-refractivity contribution in [3.05, 3.63) is 107 Å². The number of aryl methyl sites for hydroxylation is 1. The molecule has 0 atom stereocenters. The number of nitrogens with one attached hydrogen (secondary N) is 1. The molecule has 0 radical (unpaired) electrons. The van der Waals surface area contributed by atoms with Crippen molar-refractivity contribution in [1.29, 1.82) is 0 Å². The minimum atomic E-state index is -3.93. The molecule has 0 bridgehead atoms. The third-order valence-corrected chi connectivity index (χ3v) is 9.39. The van der Waals surface area contributed by atoms with Crippen LogP contribution in [-0.2, 0) is 16.4 Å². The van der Waals surface area contributed by atoms with E-state index in [1.165, 1.54) is 49.5 Å². The number of sulfonamides is 1. The Hall–Kier alpha value is -5.07. The van der Waals surface area contributed by atoms with Crippen LogP contribution in [0.2, 0.25) is 0 Å². The predicted molar refractivity (Wildman–Crippen MR) is 180 cm³/mol. The first kappa shape index (κ1) is 32.9. The van der Waals surface area contributed by atoms with Gasteiger partial charge in [-0.15, -0.1) is 0 Å². The number of benzene rings is 3. The highest BCUT2D eigenvalue weighted by atomic mass is 32.2. The van der Waals surface area contributed by atoms with Crippen LogP contribution in [0.25, 0.3) is 39.2 Å². The number of anilines is 1. The van der Waals surface area contributed by atoms with Gasteiger partial charge in [0.1, 0.15) is 34.5 Å². The van der Waals surface area contributed by atoms with E-state index >= 15 is 4.39 Å². The van der Waals surface area contributed by atoms with Gasteiger partial charge in [-0.1, -0.05) is 0 Å². The van der Waals surface area contributed by atoms with Gasteiger partial charge in [0.25, 0.3) is 5.91 Å². The van der Waals surface area contributed by atoms with Crippen molar-refractivity contribution in [3.8, 4) is 28.2 Å². The number of ether oxygens (including phenoxy) is 1. The number of nitrogens with zero attached hydrogens (tertiary/aromatic N) is 2. The monoisotopic (exact) mass is 673 g/mol. The smallest absolute Gasteiger partial charge is 0.255 e. The number of fused-ring (bicyclic) bond motifs is 2. The normalized spacial score (nSPS) is 13.2. The quantitative estimate of drug-likeness (QED) is 0.179. The van der Waals surface area contributed by atoms with E-state index in [0.717, 1.165) is 21.8 Å². The molecule has 0 aliphatic carbocycles. The molecule has 2 N–H and O–H groups in total. The van der Waals surface area contributed by atoms with Crippen LogP contribution in [0.4, 0.5) is 14.5 Å². The number of pyridine rings is 1. The summed E-state index contributed by atoms with van der Waals surface area (Å²) in [6.07, 6.45) is 4.12. The molecular formula is C36H33F2N3O6S. The van der Waals surface area contributed by atoms with Crippen LogP contribution in [0.3, 0.4) is 0 Å². The number of furan rings is 1. The summed E-state index contributed by atoms with van der Waals surface area (Å²) in [5.41, 5.74) is 3.57. The van der Waals surface area contributed by atoms with Gasteiger partial charge in [0.05, 0.1) is 23.2 Å². The maximum absolute atomic E-state index is 15.6. The average molecular weight is 674 g/mol. The molecule has 0 unspecified atom stereocenters. The van der Waals surface area contributed by atoms with Crippen molar-refractivity contribution in [2.75, 3.05) is 30.8 Å². The molecule has 3 heterocycles. The number of hydrogen-bond donors (Lipinski definition) is 2. The Labute approximate surface area is 276 Å². The average Bonchev–Trinajstić information content (AvgIpc) is 3.34. The maximum atomic E-state index is 15.6. The zero-order valence-electron chi connectivity index (χ0n) is 26.5. The molecule has 0 fully saturated rings. The van der Waals surface area contributed by atoms with Crippen LogP contribution >= 0.6 is 0 Å². The lowest BCUT2D eigenvalue weighted by Gasteiger charge is -2.25. The van der Waals surface area contributed by atoms with Crippen LogP contribution in [0, 0.1) is 11.6 Å². The van der Waals surface area contributed by atoms with Crippen molar-refractivity contribution >= 4 is 38.3 Å². The first-order chi connectivity index (χ1) is 23.0. The topological polar surface area (TPSA) is 122 Å². The Bertz CT molecular complexity index is 2180. The molecule has 5 aromatic rings. The second-order valence-corrected chi connectivity index (χ2v) is 13.5. The van der Waals surface area contributed by atoms with Crippen molar-refractivity contribution in [2.24, 2.45) is 0 Å². The molecule has 3 aromatic carbocycles. The SMILES string of the molecule is CNC(=O)c1c(-c2ccc(F)cc2)oc2cc(N(CCCO)S(C)(=O)=O)c(-c3cc(F)cc(C4=C(C)CCc5ncccc5O4)c3)cc12. The minimum absolute atomic E-state index is 0.0823. The third kappa shape index (κ3) is 6.41. The van der Waals surface area contributed by atoms with Crippen LogP contribution in [0.5, 0.6) is 5.75 Å². The van der Waals surface area contributed by atoms with Crippen molar-refractivity contribution in [1.82, 2.24) is 10.3 Å². The fraction of sp³-hybridized carbons (Fsp3) is 0.222. The molecule has 12 heteroatoms. The highest BCUT2D eigenvalue weighted by Crippen LogP contribution is 2.43. The summed E-state index contributed by atoms with van der Waals surface area (Å²) in [4.78, 5) is 17.8. The predicted octanol–water partition coefficient (Wildman–Crippen LogP) is 6.70. The van der Waals surface area contributed by atoms with Gasteiger partial charge in [-0.05, 0) is 98.0 Å². The van der Waals surface area contributed by atoms with Gasteiger partial charge >= 0.3 is 0 Å². The van der Waals surface area contributed by atoms with E-state index in [1.807, 2.05) is 6.92 Å². The molecule has 1 amide bonds. The molecule has 0 saturated heterocycles. The molecule has 2 aromatic heterocycles. The largest absolute Gasteiger partial charge is 0.455 e. The standard InChI is InChI=1S/C36H33F2N3O6S/c1-21-7-12-29-31(6-4-13-40-29)46-34(21)24-16-23(17-26(38)18-24)27-19-28-32(20-30(27)41(14-5-15-42)48(3,44)45)47-35(33(28)36(43)39-2)22-8-10-25(37)11-9-22/h4,6,8-11,13,16-20,42H,5,7,12,14-15H2,1-3H3,(H,39,43). The zero-order chi connectivity index (χ0) is 34.2. The maximum Gasteiger partial charge on any atom is 0.255 e. The van der Waals surface area contributed by atoms with Crippen molar-refractivity contribution < 1.29 is 36.3 Å². The van der Waals surface area contributed by atoms with Crippen LogP contribution in [0.15, 0.2) is 82.9 Å². The van der Waals surface area contributed by atoms with E-state index in [4.69, 9.17) is 9.15 Å². The number of halogens is 2. The number of aromatic nitrogens is 1. The number of amides is 1. The van der Waals surface area contributed by atoms with E-state index in [-0.39, 0.29) is 47.7 Å². The van der Waals surface area contributed by atoms with Crippen molar-refractivity contribution in [3.63, 3.8) is 0 Å². The Kier molecular flexibility index (Phi) is 9.04. The summed E-state index contributed by atoms with van der Waals surface area (Å²) in [5.74, 6) is -0.399. The fourth-order valence-electron chi connectivity index (χ4n) is 5.91. The summed E-state index contributed by atoms with van der Waals surface area (Å²) >= 11 is 0. The highest BCUT2D eigenvalue weighted by molar-refractivity contribution is 7.92. The Morgan fingerprint density at radius 1 is 1.00 bits per heavy atom. The van der Waals surface area contributed by atoms with E-state index < -0.39 is 27.6 Å². The second kappa shape index (κ2) is 13.2. The number of carbonyl (C=O) groups excluding carboxylic acids is 1. The molecule has 48 heavy (non-hydrogen) atoms. The van der Waals surface area contributed by atoms with Crippen LogP contribution < -0.4 is 14.4 Å². The number of rotatable bonds is 9. The summed E-state index contributed by atoms with van der Waals surface area (Å²) in [5, 5.41) is 12.6. The van der Waals surface area contributed by atoms with E-state index in [9.17, 15) is 22.7 Å². The number of aliphatic hydroxyl groups is 1. The number of carbonyl (C=O) groups is 1. The van der Waals surface area contributed by atoms with Crippen LogP contribution in [-0.4, -0.2) is 50.9 Å². The van der Waals surface area contributed by atoms with E-state index in [2.05, 4.69) is 10.3 Å². The number of hydrogen-bond acceptors (Lipinski definition) is 7. The lowest BCUT2D eigenvalue weighted by molar-refractivity contribution is 0.0964. The Morgan fingerprint density at radius 2 is 1.75 bits per heavy atom. The molecule has 1 aliphatic heterocycles. The highest BCUT2D eigenvalue weighted by Gasteiger charge is 2.28. The molecule has 9 nitrogen and oxygen atoms in total. The molecular weight excluding hydrogens is 640 g/mol. The van der Waals surface area contributed by atoms with Gasteiger partial charge in [0.2, 0.25) is 10.0 Å². The number of allylic oxidation sites excluding steroid dienone is 1. The molecule has 1 aliphatic rings. The van der Waals surface area contributed by atoms with Crippen LogP contribution in [0.1, 0.15) is 41.4 Å².